The fourth-order valence-corrected chi connectivity index (χ4v) is 4.91. The van der Waals surface area contributed by atoms with Crippen molar-refractivity contribution in [1.82, 2.24) is 4.90 Å². The van der Waals surface area contributed by atoms with Crippen molar-refractivity contribution in [1.29, 1.82) is 0 Å². The molecule has 0 atom stereocenters. The van der Waals surface area contributed by atoms with Crippen molar-refractivity contribution in [3.05, 3.63) is 24.3 Å². The lowest BCUT2D eigenvalue weighted by Gasteiger charge is -2.38. The van der Waals surface area contributed by atoms with Crippen molar-refractivity contribution >= 4 is 15.5 Å². The Morgan fingerprint density at radius 2 is 1.64 bits per heavy atom. The third-order valence-corrected chi connectivity index (χ3v) is 6.79. The Morgan fingerprint density at radius 3 is 2.28 bits per heavy atom. The molecule has 0 N–H and O–H groups in total. The molecule has 0 amide bonds. The highest BCUT2D eigenvalue weighted by atomic mass is 32.2. The van der Waals surface area contributed by atoms with Crippen LogP contribution in [0.25, 0.3) is 0 Å². The monoisotopic (exact) mass is 372 g/mol. The quantitative estimate of drug-likeness (QED) is 0.794. The van der Waals surface area contributed by atoms with Crippen LogP contribution in [0.5, 0.6) is 0 Å². The maximum atomic E-state index is 13.0. The molecule has 0 unspecified atom stereocenters. The van der Waals surface area contributed by atoms with E-state index < -0.39 is 15.6 Å². The van der Waals surface area contributed by atoms with E-state index in [1.54, 1.807) is 12.1 Å². The SMILES string of the molecule is O=S(=O)(c1ccccc1N1CCN(CC2CCCCC2)CC1)C(F)F. The van der Waals surface area contributed by atoms with Crippen LogP contribution in [-0.2, 0) is 9.84 Å². The molecular weight excluding hydrogens is 346 g/mol. The van der Waals surface area contributed by atoms with Crippen LogP contribution in [0.1, 0.15) is 32.1 Å². The highest BCUT2D eigenvalue weighted by Gasteiger charge is 2.31. The fourth-order valence-electron chi connectivity index (χ4n) is 3.96. The van der Waals surface area contributed by atoms with Gasteiger partial charge in [-0.2, -0.15) is 8.78 Å². The molecule has 1 aromatic carbocycles. The zero-order valence-corrected chi connectivity index (χ0v) is 15.2. The summed E-state index contributed by atoms with van der Waals surface area (Å²) >= 11 is 0. The number of anilines is 1. The Hall–Kier alpha value is -1.21. The van der Waals surface area contributed by atoms with Gasteiger partial charge in [-0.25, -0.2) is 8.42 Å². The van der Waals surface area contributed by atoms with Crippen molar-refractivity contribution in [2.24, 2.45) is 5.92 Å². The second-order valence-corrected chi connectivity index (χ2v) is 8.95. The van der Waals surface area contributed by atoms with E-state index in [0.717, 1.165) is 25.6 Å². The maximum Gasteiger partial charge on any atom is 0.341 e. The summed E-state index contributed by atoms with van der Waals surface area (Å²) in [5.41, 5.74) is 0.403. The zero-order chi connectivity index (χ0) is 17.9. The molecular formula is C18H26F2N2O2S. The number of alkyl halides is 2. The molecule has 0 bridgehead atoms. The van der Waals surface area contributed by atoms with Crippen LogP contribution >= 0.6 is 0 Å². The summed E-state index contributed by atoms with van der Waals surface area (Å²) in [5, 5.41) is 0. The predicted molar refractivity (Wildman–Crippen MR) is 94.9 cm³/mol. The van der Waals surface area contributed by atoms with Crippen molar-refractivity contribution in [3.63, 3.8) is 0 Å². The number of benzene rings is 1. The molecule has 3 rings (SSSR count). The molecule has 1 aliphatic carbocycles. The number of hydrogen-bond donors (Lipinski definition) is 0. The average Bonchev–Trinajstić information content (AvgIpc) is 2.63. The summed E-state index contributed by atoms with van der Waals surface area (Å²) < 4.78 is 49.8. The Balaban J connectivity index is 1.65. The smallest absolute Gasteiger partial charge is 0.341 e. The summed E-state index contributed by atoms with van der Waals surface area (Å²) in [6.45, 7) is 4.13. The van der Waals surface area contributed by atoms with Crippen molar-refractivity contribution in [3.8, 4) is 0 Å². The van der Waals surface area contributed by atoms with Gasteiger partial charge in [0.05, 0.1) is 10.6 Å². The minimum Gasteiger partial charge on any atom is -0.368 e. The van der Waals surface area contributed by atoms with E-state index >= 15 is 0 Å². The van der Waals surface area contributed by atoms with Gasteiger partial charge < -0.3 is 4.90 Å². The third-order valence-electron chi connectivity index (χ3n) is 5.36. The maximum absolute atomic E-state index is 13.0. The van der Waals surface area contributed by atoms with E-state index in [9.17, 15) is 17.2 Å². The van der Waals surface area contributed by atoms with E-state index in [2.05, 4.69) is 4.90 Å². The first kappa shape index (κ1) is 18.6. The topological polar surface area (TPSA) is 40.6 Å². The summed E-state index contributed by atoms with van der Waals surface area (Å²) in [7, 11) is -4.58. The average molecular weight is 372 g/mol. The van der Waals surface area contributed by atoms with Crippen LogP contribution in [0.2, 0.25) is 0 Å². The Bertz CT molecular complexity index is 667. The molecule has 1 aliphatic heterocycles. The first-order valence-electron chi connectivity index (χ1n) is 9.07. The summed E-state index contributed by atoms with van der Waals surface area (Å²) in [6, 6.07) is 6.11. The van der Waals surface area contributed by atoms with Crippen molar-refractivity contribution < 1.29 is 17.2 Å². The van der Waals surface area contributed by atoms with Gasteiger partial charge in [0, 0.05) is 32.7 Å². The van der Waals surface area contributed by atoms with E-state index in [1.807, 2.05) is 4.90 Å². The lowest BCUT2D eigenvalue weighted by atomic mass is 9.89. The van der Waals surface area contributed by atoms with Gasteiger partial charge in [0.25, 0.3) is 0 Å². The summed E-state index contributed by atoms with van der Waals surface area (Å²) in [4.78, 5) is 4.09. The number of piperazine rings is 1. The van der Waals surface area contributed by atoms with Crippen LogP contribution in [0, 0.1) is 5.92 Å². The molecule has 1 saturated heterocycles. The fraction of sp³-hybridized carbons (Fsp3) is 0.667. The van der Waals surface area contributed by atoms with E-state index in [4.69, 9.17) is 0 Å². The Kier molecular flexibility index (Phi) is 5.94. The first-order valence-corrected chi connectivity index (χ1v) is 10.6. The molecule has 7 heteroatoms. The van der Waals surface area contributed by atoms with Crippen molar-refractivity contribution in [2.45, 2.75) is 42.8 Å². The van der Waals surface area contributed by atoms with Crippen LogP contribution in [0.15, 0.2) is 29.2 Å². The zero-order valence-electron chi connectivity index (χ0n) is 14.4. The molecule has 1 saturated carbocycles. The molecule has 1 aromatic rings. The summed E-state index contributed by atoms with van der Waals surface area (Å²) in [6.07, 6.45) is 6.60. The number of sulfone groups is 1. The van der Waals surface area contributed by atoms with Crippen LogP contribution in [0.3, 0.4) is 0 Å². The Morgan fingerprint density at radius 1 is 1.00 bits per heavy atom. The first-order chi connectivity index (χ1) is 12.0. The molecule has 2 fully saturated rings. The predicted octanol–water partition coefficient (Wildman–Crippen LogP) is 3.39. The van der Waals surface area contributed by atoms with Gasteiger partial charge in [0.2, 0.25) is 9.84 Å². The third kappa shape index (κ3) is 4.31. The minimum absolute atomic E-state index is 0.259. The van der Waals surface area contributed by atoms with Crippen LogP contribution in [-0.4, -0.2) is 51.8 Å². The van der Waals surface area contributed by atoms with Crippen LogP contribution < -0.4 is 4.90 Å². The van der Waals surface area contributed by atoms with Gasteiger partial charge in [-0.15, -0.1) is 0 Å². The van der Waals surface area contributed by atoms with Gasteiger partial charge in [-0.3, -0.25) is 4.90 Å². The summed E-state index contributed by atoms with van der Waals surface area (Å²) in [5.74, 6) is -2.62. The lowest BCUT2D eigenvalue weighted by Crippen LogP contribution is -2.48. The van der Waals surface area contributed by atoms with E-state index in [-0.39, 0.29) is 4.90 Å². The van der Waals surface area contributed by atoms with E-state index in [1.165, 1.54) is 44.2 Å². The molecule has 0 aromatic heterocycles. The highest BCUT2D eigenvalue weighted by Crippen LogP contribution is 2.30. The molecule has 1 heterocycles. The lowest BCUT2D eigenvalue weighted by molar-refractivity contribution is 0.192. The molecule has 0 spiro atoms. The molecule has 140 valence electrons. The number of rotatable bonds is 5. The number of halogens is 2. The molecule has 4 nitrogen and oxygen atoms in total. The van der Waals surface area contributed by atoms with E-state index in [0.29, 0.717) is 18.8 Å². The molecule has 25 heavy (non-hydrogen) atoms. The van der Waals surface area contributed by atoms with Gasteiger partial charge in [-0.05, 0) is 30.9 Å². The van der Waals surface area contributed by atoms with Gasteiger partial charge >= 0.3 is 5.76 Å². The van der Waals surface area contributed by atoms with Gasteiger partial charge in [0.15, 0.2) is 0 Å². The van der Waals surface area contributed by atoms with Gasteiger partial charge in [-0.1, -0.05) is 31.4 Å². The standard InChI is InChI=1S/C18H26F2N2O2S/c19-18(20)25(23,24)17-9-5-4-8-16(17)22-12-10-21(11-13-22)14-15-6-2-1-3-7-15/h4-5,8-9,15,18H,1-3,6-7,10-14H2. The second kappa shape index (κ2) is 7.99. The molecule has 2 aliphatic rings. The minimum atomic E-state index is -4.58. The number of hydrogen-bond acceptors (Lipinski definition) is 4. The number of nitrogens with zero attached hydrogens (tertiary/aromatic N) is 2. The number of para-hydroxylation sites is 1. The second-order valence-electron chi connectivity index (χ2n) is 7.07. The normalized spacial score (nSPS) is 21.0. The highest BCUT2D eigenvalue weighted by molar-refractivity contribution is 7.91. The molecule has 0 radical (unpaired) electrons. The largest absolute Gasteiger partial charge is 0.368 e. The van der Waals surface area contributed by atoms with Crippen molar-refractivity contribution in [2.75, 3.05) is 37.6 Å². The van der Waals surface area contributed by atoms with Gasteiger partial charge in [0.1, 0.15) is 0 Å². The van der Waals surface area contributed by atoms with Crippen LogP contribution in [0.4, 0.5) is 14.5 Å². The Labute approximate surface area is 148 Å².